The van der Waals surface area contributed by atoms with Gasteiger partial charge in [0, 0.05) is 16.7 Å². The van der Waals surface area contributed by atoms with Gasteiger partial charge in [-0.25, -0.2) is 9.59 Å². The topological polar surface area (TPSA) is 52.6 Å². The molecule has 0 N–H and O–H groups in total. The van der Waals surface area contributed by atoms with Crippen LogP contribution in [0.1, 0.15) is 30.5 Å². The molecule has 0 aromatic heterocycles. The molecule has 0 spiro atoms. The molecule has 0 saturated carbocycles. The average molecular weight is 338 g/mol. The predicted molar refractivity (Wildman–Crippen MR) is 101 cm³/mol. The van der Waals surface area contributed by atoms with Crippen molar-refractivity contribution in [2.24, 2.45) is 0 Å². The molecular formula is C21H22O4. The largest absolute Gasteiger partial charge is 0.419 e. The van der Waals surface area contributed by atoms with E-state index in [1.165, 1.54) is 13.8 Å². The summed E-state index contributed by atoms with van der Waals surface area (Å²) in [5, 5.41) is 0. The second-order valence-corrected chi connectivity index (χ2v) is 5.43. The first-order valence-corrected chi connectivity index (χ1v) is 7.57. The molecule has 1 aromatic carbocycles. The number of hydrogen-bond donors (Lipinski definition) is 0. The standard InChI is InChI=1S/C21H22O4/c1-8-11-17-16(10-3)15(9-2)12-18(24-20(22)13(4)5)19(17)25-21(23)14(6)7/h8-10,12H,1-4,6,11H2,5,7H3. The Morgan fingerprint density at radius 2 is 1.56 bits per heavy atom. The van der Waals surface area contributed by atoms with Gasteiger partial charge in [0.05, 0.1) is 0 Å². The smallest absolute Gasteiger partial charge is 0.338 e. The molecule has 0 heterocycles. The van der Waals surface area contributed by atoms with Crippen molar-refractivity contribution in [2.45, 2.75) is 20.3 Å². The SMILES string of the molecule is C=CCc1c(C=C)c(C=C)cc(OC(=O)C(=C)C)c1OC(=O)C(=C)C. The molecule has 0 radical (unpaired) electrons. The molecule has 0 saturated heterocycles. The van der Waals surface area contributed by atoms with E-state index < -0.39 is 11.9 Å². The Morgan fingerprint density at radius 3 is 2.00 bits per heavy atom. The van der Waals surface area contributed by atoms with Crippen molar-refractivity contribution in [1.29, 1.82) is 0 Å². The molecule has 0 amide bonds. The highest BCUT2D eigenvalue weighted by Gasteiger charge is 2.22. The summed E-state index contributed by atoms with van der Waals surface area (Å²) in [6.07, 6.45) is 5.25. The molecule has 0 aliphatic rings. The summed E-state index contributed by atoms with van der Waals surface area (Å²) < 4.78 is 10.8. The first-order valence-electron chi connectivity index (χ1n) is 7.57. The lowest BCUT2D eigenvalue weighted by molar-refractivity contribution is -0.132. The average Bonchev–Trinajstić information content (AvgIpc) is 2.56. The maximum Gasteiger partial charge on any atom is 0.338 e. The molecule has 0 unspecified atom stereocenters. The number of carbonyl (C=O) groups is 2. The summed E-state index contributed by atoms with van der Waals surface area (Å²) in [6.45, 7) is 21.5. The van der Waals surface area contributed by atoms with E-state index in [0.29, 0.717) is 17.5 Å². The minimum atomic E-state index is -0.626. The Morgan fingerprint density at radius 1 is 1.00 bits per heavy atom. The summed E-state index contributed by atoms with van der Waals surface area (Å²) in [6, 6.07) is 1.57. The number of benzene rings is 1. The van der Waals surface area contributed by atoms with Crippen LogP contribution in [0.2, 0.25) is 0 Å². The molecular weight excluding hydrogens is 316 g/mol. The van der Waals surface area contributed by atoms with Gasteiger partial charge in [0.15, 0.2) is 11.5 Å². The summed E-state index contributed by atoms with van der Waals surface area (Å²) >= 11 is 0. The van der Waals surface area contributed by atoms with Crippen LogP contribution in [0, 0.1) is 0 Å². The summed E-state index contributed by atoms with van der Waals surface area (Å²) in [7, 11) is 0. The predicted octanol–water partition coefficient (Wildman–Crippen LogP) is 4.66. The van der Waals surface area contributed by atoms with E-state index in [1.54, 1.807) is 24.3 Å². The van der Waals surface area contributed by atoms with E-state index >= 15 is 0 Å². The second kappa shape index (κ2) is 8.64. The molecule has 0 bridgehead atoms. The van der Waals surface area contributed by atoms with Gasteiger partial charge in [-0.3, -0.25) is 0 Å². The van der Waals surface area contributed by atoms with Gasteiger partial charge in [0.25, 0.3) is 0 Å². The van der Waals surface area contributed by atoms with Crippen LogP contribution in [-0.4, -0.2) is 11.9 Å². The van der Waals surface area contributed by atoms with Gasteiger partial charge in [0.2, 0.25) is 0 Å². The van der Waals surface area contributed by atoms with Crippen molar-refractivity contribution in [1.82, 2.24) is 0 Å². The highest BCUT2D eigenvalue weighted by Crippen LogP contribution is 2.39. The van der Waals surface area contributed by atoms with Crippen molar-refractivity contribution >= 4 is 24.1 Å². The van der Waals surface area contributed by atoms with E-state index in [9.17, 15) is 9.59 Å². The van der Waals surface area contributed by atoms with Gasteiger partial charge in [-0.2, -0.15) is 0 Å². The number of rotatable bonds is 8. The molecule has 0 aliphatic heterocycles. The normalized spacial score (nSPS) is 9.68. The zero-order valence-electron chi connectivity index (χ0n) is 14.7. The lowest BCUT2D eigenvalue weighted by Crippen LogP contribution is -2.15. The number of carbonyl (C=O) groups excluding carboxylic acids is 2. The van der Waals surface area contributed by atoms with Crippen molar-refractivity contribution < 1.29 is 19.1 Å². The molecule has 130 valence electrons. The van der Waals surface area contributed by atoms with E-state index in [0.717, 1.165) is 5.56 Å². The third-order valence-electron chi connectivity index (χ3n) is 3.29. The first kappa shape index (κ1) is 19.9. The molecule has 0 atom stereocenters. The quantitative estimate of drug-likeness (QED) is 0.299. The Kier molecular flexibility index (Phi) is 6.88. The van der Waals surface area contributed by atoms with Crippen LogP contribution in [0.3, 0.4) is 0 Å². The highest BCUT2D eigenvalue weighted by atomic mass is 16.6. The zero-order chi connectivity index (χ0) is 19.1. The number of hydrogen-bond acceptors (Lipinski definition) is 4. The minimum absolute atomic E-state index is 0.0972. The fourth-order valence-electron chi connectivity index (χ4n) is 2.04. The van der Waals surface area contributed by atoms with Crippen molar-refractivity contribution in [3.8, 4) is 11.5 Å². The fourth-order valence-corrected chi connectivity index (χ4v) is 2.04. The number of esters is 2. The van der Waals surface area contributed by atoms with Crippen molar-refractivity contribution in [3.63, 3.8) is 0 Å². The van der Waals surface area contributed by atoms with Crippen LogP contribution < -0.4 is 9.47 Å². The Balaban J connectivity index is 3.70. The van der Waals surface area contributed by atoms with E-state index in [1.807, 2.05) is 0 Å². The van der Waals surface area contributed by atoms with Gasteiger partial charge in [-0.05, 0) is 37.5 Å². The van der Waals surface area contributed by atoms with Crippen LogP contribution in [0.5, 0.6) is 11.5 Å². The van der Waals surface area contributed by atoms with Crippen LogP contribution in [0.15, 0.2) is 56.2 Å². The first-order chi connectivity index (χ1) is 11.8. The van der Waals surface area contributed by atoms with Gasteiger partial charge in [-0.1, -0.05) is 44.5 Å². The van der Waals surface area contributed by atoms with Crippen LogP contribution in [-0.2, 0) is 16.0 Å². The zero-order valence-corrected chi connectivity index (χ0v) is 14.7. The van der Waals surface area contributed by atoms with Gasteiger partial charge >= 0.3 is 11.9 Å². The molecule has 4 heteroatoms. The maximum absolute atomic E-state index is 12.0. The van der Waals surface area contributed by atoms with Crippen LogP contribution >= 0.6 is 0 Å². The van der Waals surface area contributed by atoms with Gasteiger partial charge < -0.3 is 9.47 Å². The number of ether oxygens (including phenoxy) is 2. The summed E-state index contributed by atoms with van der Waals surface area (Å²) in [5.41, 5.74) is 2.45. The second-order valence-electron chi connectivity index (χ2n) is 5.43. The van der Waals surface area contributed by atoms with Crippen molar-refractivity contribution in [3.05, 3.63) is 72.9 Å². The Labute approximate surface area is 148 Å². The lowest BCUT2D eigenvalue weighted by Gasteiger charge is -2.18. The van der Waals surface area contributed by atoms with Crippen molar-refractivity contribution in [2.75, 3.05) is 0 Å². The Bertz CT molecular complexity index is 782. The van der Waals surface area contributed by atoms with E-state index in [2.05, 4.69) is 32.9 Å². The lowest BCUT2D eigenvalue weighted by atomic mass is 9.96. The molecule has 0 aliphatic carbocycles. The molecule has 1 aromatic rings. The van der Waals surface area contributed by atoms with Crippen LogP contribution in [0.25, 0.3) is 12.2 Å². The molecule has 1 rings (SSSR count). The third kappa shape index (κ3) is 4.67. The summed E-state index contributed by atoms with van der Waals surface area (Å²) in [5.74, 6) is -1.03. The fraction of sp³-hybridized carbons (Fsp3) is 0.143. The highest BCUT2D eigenvalue weighted by molar-refractivity contribution is 5.92. The maximum atomic E-state index is 12.0. The number of allylic oxidation sites excluding steroid dienone is 1. The summed E-state index contributed by atoms with van der Waals surface area (Å²) in [4.78, 5) is 24.0. The van der Waals surface area contributed by atoms with Gasteiger partial charge in [-0.15, -0.1) is 6.58 Å². The minimum Gasteiger partial charge on any atom is -0.419 e. The molecule has 25 heavy (non-hydrogen) atoms. The monoisotopic (exact) mass is 338 g/mol. The molecule has 4 nitrogen and oxygen atoms in total. The van der Waals surface area contributed by atoms with Crippen LogP contribution in [0.4, 0.5) is 0 Å². The van der Waals surface area contributed by atoms with E-state index in [4.69, 9.17) is 9.47 Å². The molecule has 0 fully saturated rings. The third-order valence-corrected chi connectivity index (χ3v) is 3.29. The Hall–Kier alpha value is -3.14. The van der Waals surface area contributed by atoms with Gasteiger partial charge in [0.1, 0.15) is 0 Å². The van der Waals surface area contributed by atoms with E-state index in [-0.39, 0.29) is 22.6 Å².